The van der Waals surface area contributed by atoms with Crippen molar-refractivity contribution in [2.24, 2.45) is 17.2 Å². The zero-order chi connectivity index (χ0) is 13.3. The Morgan fingerprint density at radius 3 is 2.61 bits per heavy atom. The minimum atomic E-state index is -0.863. The number of rotatable bonds is 2. The summed E-state index contributed by atoms with van der Waals surface area (Å²) >= 11 is 0. The average Bonchev–Trinajstić information content (AvgIpc) is 2.70. The van der Waals surface area contributed by atoms with Gasteiger partial charge in [-0.25, -0.2) is 5.01 Å². The van der Waals surface area contributed by atoms with E-state index >= 15 is 0 Å². The molecule has 2 saturated heterocycles. The summed E-state index contributed by atoms with van der Waals surface area (Å²) < 4.78 is 0. The molecule has 5 nitrogen and oxygen atoms in total. The number of nitrogens with two attached hydrogens (primary N) is 1. The summed E-state index contributed by atoms with van der Waals surface area (Å²) in [6.45, 7) is 7.08. The molecule has 0 aromatic heterocycles. The van der Waals surface area contributed by atoms with Gasteiger partial charge in [0.25, 0.3) is 5.91 Å². The predicted molar refractivity (Wildman–Crippen MR) is 69.5 cm³/mol. The van der Waals surface area contributed by atoms with E-state index in [4.69, 9.17) is 5.84 Å². The summed E-state index contributed by atoms with van der Waals surface area (Å²) in [6, 6.07) is 0. The number of hydrogen-bond donors (Lipinski definition) is 2. The normalized spacial score (nSPS) is 31.3. The number of nitrogens with zero attached hydrogens (tertiary/aromatic N) is 2. The fourth-order valence-corrected chi connectivity index (χ4v) is 3.17. The molecule has 2 fully saturated rings. The first-order valence-electron chi connectivity index (χ1n) is 6.90. The zero-order valence-electron chi connectivity index (χ0n) is 11.4. The topological polar surface area (TPSA) is 69.8 Å². The lowest BCUT2D eigenvalue weighted by Gasteiger charge is -2.38. The van der Waals surface area contributed by atoms with Crippen LogP contribution in [0.1, 0.15) is 33.1 Å². The van der Waals surface area contributed by atoms with Crippen LogP contribution in [0, 0.1) is 11.3 Å². The first-order valence-corrected chi connectivity index (χ1v) is 6.90. The maximum Gasteiger partial charge on any atom is 0.251 e. The van der Waals surface area contributed by atoms with Crippen molar-refractivity contribution in [2.75, 3.05) is 26.2 Å². The molecule has 2 aliphatic heterocycles. The SMILES string of the molecule is CC(C)C(O)C(=O)N1CCC2(CCCN(N)C2)C1. The van der Waals surface area contributed by atoms with Gasteiger partial charge in [0.2, 0.25) is 0 Å². The highest BCUT2D eigenvalue weighted by Gasteiger charge is 2.43. The second-order valence-corrected chi connectivity index (χ2v) is 6.27. The van der Waals surface area contributed by atoms with Crippen LogP contribution in [-0.2, 0) is 4.79 Å². The van der Waals surface area contributed by atoms with Gasteiger partial charge in [0.15, 0.2) is 0 Å². The lowest BCUT2D eigenvalue weighted by molar-refractivity contribution is -0.141. The fourth-order valence-electron chi connectivity index (χ4n) is 3.17. The molecule has 5 heteroatoms. The molecule has 2 heterocycles. The molecule has 0 bridgehead atoms. The first-order chi connectivity index (χ1) is 8.43. The van der Waals surface area contributed by atoms with Gasteiger partial charge in [-0.1, -0.05) is 13.8 Å². The molecule has 2 aliphatic rings. The number of likely N-dealkylation sites (tertiary alicyclic amines) is 1. The van der Waals surface area contributed by atoms with Crippen molar-refractivity contribution < 1.29 is 9.90 Å². The summed E-state index contributed by atoms with van der Waals surface area (Å²) in [5, 5.41) is 11.7. The monoisotopic (exact) mass is 255 g/mol. The Kier molecular flexibility index (Phi) is 3.94. The minimum absolute atomic E-state index is 0.0218. The smallest absolute Gasteiger partial charge is 0.251 e. The summed E-state index contributed by atoms with van der Waals surface area (Å²) in [6.07, 6.45) is 2.39. The Hall–Kier alpha value is -0.650. The summed E-state index contributed by atoms with van der Waals surface area (Å²) in [7, 11) is 0. The Labute approximate surface area is 109 Å². The molecule has 2 rings (SSSR count). The molecule has 0 saturated carbocycles. The van der Waals surface area contributed by atoms with Gasteiger partial charge in [-0.05, 0) is 25.2 Å². The van der Waals surface area contributed by atoms with Crippen molar-refractivity contribution in [1.29, 1.82) is 0 Å². The summed E-state index contributed by atoms with van der Waals surface area (Å²) in [4.78, 5) is 13.9. The molecule has 0 aromatic carbocycles. The largest absolute Gasteiger partial charge is 0.383 e. The van der Waals surface area contributed by atoms with Gasteiger partial charge in [-0.15, -0.1) is 0 Å². The molecule has 0 aliphatic carbocycles. The molecule has 3 N–H and O–H groups in total. The average molecular weight is 255 g/mol. The van der Waals surface area contributed by atoms with Crippen molar-refractivity contribution in [2.45, 2.75) is 39.2 Å². The third-order valence-corrected chi connectivity index (χ3v) is 4.33. The molecule has 1 spiro atoms. The van der Waals surface area contributed by atoms with E-state index in [0.29, 0.717) is 0 Å². The highest BCUT2D eigenvalue weighted by atomic mass is 16.3. The number of hydrazine groups is 1. The van der Waals surface area contributed by atoms with Gasteiger partial charge in [-0.3, -0.25) is 10.6 Å². The standard InChI is InChI=1S/C13H25N3O2/c1-10(2)11(17)12(18)15-7-5-13(8-15)4-3-6-16(14)9-13/h10-11,17H,3-9,14H2,1-2H3. The number of aliphatic hydroxyl groups excluding tert-OH is 1. The van der Waals surface area contributed by atoms with Gasteiger partial charge in [-0.2, -0.15) is 0 Å². The van der Waals surface area contributed by atoms with Crippen molar-refractivity contribution in [3.8, 4) is 0 Å². The zero-order valence-corrected chi connectivity index (χ0v) is 11.4. The number of piperidine rings is 1. The maximum absolute atomic E-state index is 12.1. The highest BCUT2D eigenvalue weighted by molar-refractivity contribution is 5.81. The predicted octanol–water partition coefficient (Wildman–Crippen LogP) is 0.192. The lowest BCUT2D eigenvalue weighted by atomic mass is 9.80. The molecule has 0 aromatic rings. The molecule has 18 heavy (non-hydrogen) atoms. The third kappa shape index (κ3) is 2.68. The Balaban J connectivity index is 1.97. The van der Waals surface area contributed by atoms with Crippen LogP contribution >= 0.6 is 0 Å². The van der Waals surface area contributed by atoms with Crippen LogP contribution in [-0.4, -0.2) is 53.2 Å². The lowest BCUT2D eigenvalue weighted by Crippen LogP contribution is -2.49. The van der Waals surface area contributed by atoms with Gasteiger partial charge in [0.05, 0.1) is 0 Å². The second-order valence-electron chi connectivity index (χ2n) is 6.27. The van der Waals surface area contributed by atoms with E-state index in [-0.39, 0.29) is 17.2 Å². The molecular formula is C13H25N3O2. The Morgan fingerprint density at radius 1 is 1.28 bits per heavy atom. The molecule has 0 radical (unpaired) electrons. The fraction of sp³-hybridized carbons (Fsp3) is 0.923. The number of hydrogen-bond acceptors (Lipinski definition) is 4. The van der Waals surface area contributed by atoms with Crippen molar-refractivity contribution >= 4 is 5.91 Å². The van der Waals surface area contributed by atoms with Crippen LogP contribution in [0.15, 0.2) is 0 Å². The van der Waals surface area contributed by atoms with Crippen molar-refractivity contribution in [3.05, 3.63) is 0 Å². The first kappa shape index (κ1) is 13.8. The molecule has 1 amide bonds. The van der Waals surface area contributed by atoms with Gasteiger partial charge in [0.1, 0.15) is 6.10 Å². The van der Waals surface area contributed by atoms with Crippen molar-refractivity contribution in [1.82, 2.24) is 9.91 Å². The molecular weight excluding hydrogens is 230 g/mol. The van der Waals surface area contributed by atoms with E-state index < -0.39 is 6.10 Å². The maximum atomic E-state index is 12.1. The van der Waals surface area contributed by atoms with Crippen LogP contribution in [0.4, 0.5) is 0 Å². The van der Waals surface area contributed by atoms with Crippen LogP contribution in [0.5, 0.6) is 0 Å². The van der Waals surface area contributed by atoms with Crippen LogP contribution in [0.2, 0.25) is 0 Å². The number of aliphatic hydroxyl groups is 1. The van der Waals surface area contributed by atoms with Crippen LogP contribution < -0.4 is 5.84 Å². The van der Waals surface area contributed by atoms with E-state index in [0.717, 1.165) is 45.4 Å². The van der Waals surface area contributed by atoms with Gasteiger partial charge >= 0.3 is 0 Å². The van der Waals surface area contributed by atoms with Crippen LogP contribution in [0.3, 0.4) is 0 Å². The summed E-state index contributed by atoms with van der Waals surface area (Å²) in [5.74, 6) is 5.76. The van der Waals surface area contributed by atoms with E-state index in [1.54, 1.807) is 0 Å². The van der Waals surface area contributed by atoms with Gasteiger partial charge in [0, 0.05) is 31.6 Å². The Morgan fingerprint density at radius 2 is 2.00 bits per heavy atom. The number of amides is 1. The molecule has 2 unspecified atom stereocenters. The van der Waals surface area contributed by atoms with E-state index in [2.05, 4.69) is 0 Å². The van der Waals surface area contributed by atoms with E-state index in [1.807, 2.05) is 23.8 Å². The van der Waals surface area contributed by atoms with Gasteiger partial charge < -0.3 is 10.0 Å². The van der Waals surface area contributed by atoms with E-state index in [9.17, 15) is 9.90 Å². The van der Waals surface area contributed by atoms with Crippen molar-refractivity contribution in [3.63, 3.8) is 0 Å². The minimum Gasteiger partial charge on any atom is -0.383 e. The van der Waals surface area contributed by atoms with E-state index in [1.165, 1.54) is 0 Å². The highest BCUT2D eigenvalue weighted by Crippen LogP contribution is 2.38. The second kappa shape index (κ2) is 5.15. The quantitative estimate of drug-likeness (QED) is 0.691. The molecule has 2 atom stereocenters. The third-order valence-electron chi connectivity index (χ3n) is 4.33. The summed E-state index contributed by atoms with van der Waals surface area (Å²) in [5.41, 5.74) is 0.166. The van der Waals surface area contributed by atoms with Crippen LogP contribution in [0.25, 0.3) is 0 Å². The Bertz CT molecular complexity index is 321. The number of carbonyl (C=O) groups is 1. The molecule has 104 valence electrons. The number of carbonyl (C=O) groups excluding carboxylic acids is 1.